The van der Waals surface area contributed by atoms with Crippen LogP contribution >= 0.6 is 0 Å². The van der Waals surface area contributed by atoms with Gasteiger partial charge in [-0.25, -0.2) is 0 Å². The van der Waals surface area contributed by atoms with E-state index in [1.807, 2.05) is 18.5 Å². The largest absolute Gasteiger partial charge is 0.393 e. The van der Waals surface area contributed by atoms with Gasteiger partial charge in [-0.1, -0.05) is 0 Å². The fraction of sp³-hybridized carbons (Fsp3) is 0.786. The maximum Gasteiger partial charge on any atom is 0.393 e. The predicted octanol–water partition coefficient (Wildman–Crippen LogP) is 1.36. The van der Waals surface area contributed by atoms with Crippen molar-refractivity contribution >= 4 is 5.91 Å². The van der Waals surface area contributed by atoms with E-state index in [9.17, 15) is 18.0 Å². The Morgan fingerprint density at radius 1 is 1.39 bits per heavy atom. The van der Waals surface area contributed by atoms with Crippen molar-refractivity contribution in [2.24, 2.45) is 13.0 Å². The number of carbonyl (C=O) groups excluding carboxylic acids is 1. The number of hydrogen-bond acceptors (Lipinski definition) is 4. The maximum absolute atomic E-state index is 12.8. The molecule has 0 saturated carbocycles. The molecule has 1 aliphatic heterocycles. The molecule has 0 bridgehead atoms. The molecule has 1 aliphatic rings. The Morgan fingerprint density at radius 3 is 2.65 bits per heavy atom. The molecule has 0 aromatic carbocycles. The Bertz CT molecular complexity index is 557. The molecule has 2 heterocycles. The summed E-state index contributed by atoms with van der Waals surface area (Å²) in [6.45, 7) is 2.46. The van der Waals surface area contributed by atoms with Gasteiger partial charge in [0.2, 0.25) is 5.91 Å². The first-order chi connectivity index (χ1) is 10.7. The molecule has 130 valence electrons. The Labute approximate surface area is 133 Å². The minimum absolute atomic E-state index is 0.0660. The van der Waals surface area contributed by atoms with Crippen molar-refractivity contribution in [2.75, 3.05) is 26.7 Å². The van der Waals surface area contributed by atoms with Crippen LogP contribution in [-0.2, 0) is 18.4 Å². The molecule has 2 rings (SSSR count). The lowest BCUT2D eigenvalue weighted by atomic mass is 9.97. The van der Waals surface area contributed by atoms with Crippen molar-refractivity contribution in [1.82, 2.24) is 24.6 Å². The zero-order valence-corrected chi connectivity index (χ0v) is 13.6. The summed E-state index contributed by atoms with van der Waals surface area (Å²) in [6, 6.07) is 0. The summed E-state index contributed by atoms with van der Waals surface area (Å²) in [5.74, 6) is -0.208. The predicted molar refractivity (Wildman–Crippen MR) is 77.4 cm³/mol. The van der Waals surface area contributed by atoms with E-state index in [1.54, 1.807) is 11.9 Å². The van der Waals surface area contributed by atoms with Crippen LogP contribution < -0.4 is 0 Å². The number of nitrogens with zero attached hydrogens (tertiary/aromatic N) is 5. The van der Waals surface area contributed by atoms with Gasteiger partial charge in [-0.05, 0) is 26.8 Å². The number of halogens is 3. The highest BCUT2D eigenvalue weighted by Gasteiger charge is 2.42. The van der Waals surface area contributed by atoms with Gasteiger partial charge in [-0.3, -0.25) is 9.69 Å². The third-order valence-electron chi connectivity index (χ3n) is 4.24. The second-order valence-electron chi connectivity index (χ2n) is 6.12. The Kier molecular flexibility index (Phi) is 5.28. The summed E-state index contributed by atoms with van der Waals surface area (Å²) in [6.07, 6.45) is -3.75. The molecule has 1 aromatic rings. The van der Waals surface area contributed by atoms with Crippen LogP contribution in [-0.4, -0.2) is 63.3 Å². The van der Waals surface area contributed by atoms with Crippen molar-refractivity contribution in [3.63, 3.8) is 0 Å². The highest BCUT2D eigenvalue weighted by Crippen LogP contribution is 2.33. The molecule has 0 spiro atoms. The van der Waals surface area contributed by atoms with Gasteiger partial charge in [0.15, 0.2) is 0 Å². The van der Waals surface area contributed by atoms with E-state index in [-0.39, 0.29) is 25.4 Å². The Balaban J connectivity index is 1.89. The normalized spacial score (nSPS) is 19.4. The first-order valence-corrected chi connectivity index (χ1v) is 7.56. The first kappa shape index (κ1) is 17.7. The topological polar surface area (TPSA) is 54.3 Å². The van der Waals surface area contributed by atoms with Crippen molar-refractivity contribution in [3.05, 3.63) is 11.6 Å². The first-order valence-electron chi connectivity index (χ1n) is 7.56. The second-order valence-corrected chi connectivity index (χ2v) is 6.12. The molecule has 0 unspecified atom stereocenters. The molecule has 0 radical (unpaired) electrons. The van der Waals surface area contributed by atoms with Gasteiger partial charge in [0, 0.05) is 20.1 Å². The maximum atomic E-state index is 12.8. The molecule has 1 fully saturated rings. The molecular formula is C14H22F3N5O. The van der Waals surface area contributed by atoms with Crippen LogP contribution in [0.5, 0.6) is 0 Å². The Morgan fingerprint density at radius 2 is 2.09 bits per heavy atom. The van der Waals surface area contributed by atoms with E-state index in [0.717, 1.165) is 5.82 Å². The third-order valence-corrected chi connectivity index (χ3v) is 4.24. The molecule has 1 amide bonds. The molecule has 0 aliphatic carbocycles. The highest BCUT2D eigenvalue weighted by molar-refractivity contribution is 5.78. The molecule has 23 heavy (non-hydrogen) atoms. The summed E-state index contributed by atoms with van der Waals surface area (Å²) in [7, 11) is 3.58. The zero-order valence-electron chi connectivity index (χ0n) is 13.6. The van der Waals surface area contributed by atoms with Crippen LogP contribution in [0.25, 0.3) is 0 Å². The molecule has 9 heteroatoms. The van der Waals surface area contributed by atoms with Gasteiger partial charge in [0.05, 0.1) is 19.0 Å². The molecule has 0 N–H and O–H groups in total. The van der Waals surface area contributed by atoms with Gasteiger partial charge < -0.3 is 9.47 Å². The Hall–Kier alpha value is -1.64. The zero-order chi connectivity index (χ0) is 17.2. The summed E-state index contributed by atoms with van der Waals surface area (Å²) >= 11 is 0. The summed E-state index contributed by atoms with van der Waals surface area (Å²) < 4.78 is 40.2. The monoisotopic (exact) mass is 333 g/mol. The van der Waals surface area contributed by atoms with E-state index in [2.05, 4.69) is 10.2 Å². The molecule has 6 nitrogen and oxygen atoms in total. The standard InChI is InChI=1S/C14H22F3N5O/c1-10-18-19-12(21(10)3)8-20(2)9-13(23)22-6-4-5-11(7-22)14(15,16)17/h11H,4-9H2,1-3H3/t11-/m1/s1. The van der Waals surface area contributed by atoms with Crippen LogP contribution in [0.1, 0.15) is 24.5 Å². The van der Waals surface area contributed by atoms with Crippen molar-refractivity contribution in [2.45, 2.75) is 32.5 Å². The van der Waals surface area contributed by atoms with Gasteiger partial charge in [-0.15, -0.1) is 10.2 Å². The summed E-state index contributed by atoms with van der Waals surface area (Å²) in [5.41, 5.74) is 0. The van der Waals surface area contributed by atoms with Crippen molar-refractivity contribution in [3.8, 4) is 0 Å². The van der Waals surface area contributed by atoms with E-state index in [0.29, 0.717) is 25.3 Å². The van der Waals surface area contributed by atoms with E-state index in [1.165, 1.54) is 4.90 Å². The lowest BCUT2D eigenvalue weighted by Gasteiger charge is -2.34. The van der Waals surface area contributed by atoms with Gasteiger partial charge in [0.25, 0.3) is 0 Å². The quantitative estimate of drug-likeness (QED) is 0.835. The van der Waals surface area contributed by atoms with E-state index >= 15 is 0 Å². The molecule has 1 saturated heterocycles. The lowest BCUT2D eigenvalue weighted by Crippen LogP contribution is -2.47. The van der Waals surface area contributed by atoms with Crippen LogP contribution in [0.15, 0.2) is 0 Å². The number of likely N-dealkylation sites (tertiary alicyclic amines) is 1. The number of alkyl halides is 3. The number of amides is 1. The van der Waals surface area contributed by atoms with Gasteiger partial charge >= 0.3 is 6.18 Å². The fourth-order valence-electron chi connectivity index (χ4n) is 2.69. The van der Waals surface area contributed by atoms with Crippen molar-refractivity contribution < 1.29 is 18.0 Å². The molecule has 1 atom stereocenters. The number of likely N-dealkylation sites (N-methyl/N-ethyl adjacent to an activating group) is 1. The average molecular weight is 333 g/mol. The van der Waals surface area contributed by atoms with Gasteiger partial charge in [-0.2, -0.15) is 13.2 Å². The van der Waals surface area contributed by atoms with E-state index < -0.39 is 12.1 Å². The SMILES string of the molecule is Cc1nnc(CN(C)CC(=O)N2CCC[C@@H](C(F)(F)F)C2)n1C. The van der Waals surface area contributed by atoms with Crippen LogP contribution in [0, 0.1) is 12.8 Å². The highest BCUT2D eigenvalue weighted by atomic mass is 19.4. The van der Waals surface area contributed by atoms with E-state index in [4.69, 9.17) is 0 Å². The molecular weight excluding hydrogens is 311 g/mol. The summed E-state index contributed by atoms with van der Waals surface area (Å²) in [5, 5.41) is 7.96. The number of rotatable bonds is 4. The summed E-state index contributed by atoms with van der Waals surface area (Å²) in [4.78, 5) is 15.3. The number of carbonyl (C=O) groups is 1. The van der Waals surface area contributed by atoms with Gasteiger partial charge in [0.1, 0.15) is 11.6 Å². The molecule has 1 aromatic heterocycles. The fourth-order valence-corrected chi connectivity index (χ4v) is 2.69. The minimum Gasteiger partial charge on any atom is -0.341 e. The third kappa shape index (κ3) is 4.43. The smallest absolute Gasteiger partial charge is 0.341 e. The minimum atomic E-state index is -4.24. The number of hydrogen-bond donors (Lipinski definition) is 0. The number of aromatic nitrogens is 3. The van der Waals surface area contributed by atoms with Crippen molar-refractivity contribution in [1.29, 1.82) is 0 Å². The lowest BCUT2D eigenvalue weighted by molar-refractivity contribution is -0.188. The van der Waals surface area contributed by atoms with Crippen LogP contribution in [0.4, 0.5) is 13.2 Å². The average Bonchev–Trinajstić information content (AvgIpc) is 2.78. The number of aryl methyl sites for hydroxylation is 1. The van der Waals surface area contributed by atoms with Crippen LogP contribution in [0.2, 0.25) is 0 Å². The number of piperidine rings is 1. The van der Waals surface area contributed by atoms with Crippen LogP contribution in [0.3, 0.4) is 0 Å². The second kappa shape index (κ2) is 6.86.